The molecule has 0 amide bonds. The number of carbonyl (C=O) groups excluding carboxylic acids is 1. The highest BCUT2D eigenvalue weighted by Crippen LogP contribution is 2.50. The summed E-state index contributed by atoms with van der Waals surface area (Å²) in [6.07, 6.45) is 0.749. The summed E-state index contributed by atoms with van der Waals surface area (Å²) in [6.45, 7) is 32.2. The van der Waals surface area contributed by atoms with E-state index in [1.165, 1.54) is 6.40 Å². The monoisotopic (exact) mass is 676 g/mol. The number of hydrogen-bond donors (Lipinski definition) is 0. The van der Waals surface area contributed by atoms with Crippen LogP contribution >= 0.6 is 8.53 Å². The van der Waals surface area contributed by atoms with Crippen molar-refractivity contribution in [2.75, 3.05) is 6.54 Å². The van der Waals surface area contributed by atoms with Crippen molar-refractivity contribution in [3.05, 3.63) is 22.9 Å². The van der Waals surface area contributed by atoms with Crippen molar-refractivity contribution < 1.29 is 24.7 Å². The van der Waals surface area contributed by atoms with Crippen LogP contribution in [-0.4, -0.2) is 60.9 Å². The average molecular weight is 677 g/mol. The zero-order valence-electron chi connectivity index (χ0n) is 32.2. The lowest BCUT2D eigenvalue weighted by molar-refractivity contribution is -0.143. The fraction of sp³-hybridized carbons (Fsp3) is 0.750. The molecule has 0 aromatic carbocycles. The lowest BCUT2D eigenvalue weighted by Gasteiger charge is -2.38. The van der Waals surface area contributed by atoms with Gasteiger partial charge in [-0.15, -0.1) is 5.54 Å². The molecular formula is C36H62N3O5PSi. The minimum absolute atomic E-state index is 0.0372. The summed E-state index contributed by atoms with van der Waals surface area (Å²) in [5.74, 6) is 3.44. The first kappa shape index (κ1) is 38.6. The van der Waals surface area contributed by atoms with Crippen LogP contribution in [0.3, 0.4) is 0 Å². The Bertz CT molecular complexity index is 1240. The van der Waals surface area contributed by atoms with Crippen LogP contribution in [0.15, 0.2) is 11.1 Å². The highest BCUT2D eigenvalue weighted by molar-refractivity contribution is 7.45. The number of aromatic nitrogens is 1. The molecular weight excluding hydrogens is 613 g/mol. The van der Waals surface area contributed by atoms with Gasteiger partial charge in [0.1, 0.15) is 13.8 Å². The third-order valence-electron chi connectivity index (χ3n) is 8.68. The van der Waals surface area contributed by atoms with Gasteiger partial charge in [0.05, 0.1) is 23.7 Å². The molecule has 1 saturated heterocycles. The summed E-state index contributed by atoms with van der Waals surface area (Å²) in [5.41, 5.74) is 6.55. The van der Waals surface area contributed by atoms with Crippen LogP contribution in [0.5, 0.6) is 5.88 Å². The van der Waals surface area contributed by atoms with E-state index in [1.807, 2.05) is 40.7 Å². The molecule has 0 aliphatic carbocycles. The number of pyridine rings is 1. The molecule has 46 heavy (non-hydrogen) atoms. The molecule has 1 aromatic heterocycles. The van der Waals surface area contributed by atoms with Gasteiger partial charge in [-0.2, -0.15) is 0 Å². The summed E-state index contributed by atoms with van der Waals surface area (Å²) in [7, 11) is -3.61. The highest BCUT2D eigenvalue weighted by atomic mass is 31.2. The molecule has 8 nitrogen and oxygen atoms in total. The van der Waals surface area contributed by atoms with E-state index in [4.69, 9.17) is 24.9 Å². The molecule has 0 radical (unpaired) electrons. The largest absolute Gasteiger partial charge is 0.425 e. The van der Waals surface area contributed by atoms with E-state index in [1.54, 1.807) is 0 Å². The number of aryl methyl sites for hydroxylation is 1. The second-order valence-corrected chi connectivity index (χ2v) is 21.8. The second kappa shape index (κ2) is 17.0. The Labute approximate surface area is 284 Å². The predicted octanol–water partition coefficient (Wildman–Crippen LogP) is 9.56. The highest BCUT2D eigenvalue weighted by Gasteiger charge is 2.43. The first-order valence-electron chi connectivity index (χ1n) is 17.6. The van der Waals surface area contributed by atoms with E-state index in [9.17, 15) is 4.79 Å². The van der Waals surface area contributed by atoms with Crippen molar-refractivity contribution in [3.63, 3.8) is 0 Å². The van der Waals surface area contributed by atoms with Crippen LogP contribution < -0.4 is 4.74 Å². The van der Waals surface area contributed by atoms with Gasteiger partial charge in [0.15, 0.2) is 6.40 Å². The van der Waals surface area contributed by atoms with Gasteiger partial charge in [0.2, 0.25) is 5.88 Å². The number of aliphatic imine (C=N–C) groups is 1. The molecule has 2 heterocycles. The second-order valence-electron chi connectivity index (χ2n) is 14.9. The maximum Gasteiger partial charge on any atom is 0.322 e. The molecule has 1 aliphatic heterocycles. The Kier molecular flexibility index (Phi) is 14.3. The summed E-state index contributed by atoms with van der Waals surface area (Å²) in [6, 6.07) is 2.34. The number of carbonyl (C=O) groups is 1. The number of nitrogens with zero attached hydrogens (tertiary/aromatic N) is 3. The van der Waals surface area contributed by atoms with Crippen LogP contribution in [0, 0.1) is 23.8 Å². The molecule has 1 fully saturated rings. The van der Waals surface area contributed by atoms with Crippen LogP contribution in [-0.2, 0) is 18.6 Å². The Morgan fingerprint density at radius 2 is 1.74 bits per heavy atom. The van der Waals surface area contributed by atoms with Crippen molar-refractivity contribution in [2.45, 2.75) is 164 Å². The molecule has 0 spiro atoms. The van der Waals surface area contributed by atoms with Gasteiger partial charge in [-0.1, -0.05) is 47.5 Å². The van der Waals surface area contributed by atoms with E-state index in [0.717, 1.165) is 11.1 Å². The third-order valence-corrected chi connectivity index (χ3v) is 17.0. The Hall–Kier alpha value is -1.82. The van der Waals surface area contributed by atoms with Crippen molar-refractivity contribution in [2.24, 2.45) is 10.4 Å². The Balaban J connectivity index is 2.67. The molecule has 0 bridgehead atoms. The van der Waals surface area contributed by atoms with Gasteiger partial charge in [-0.25, -0.2) is 9.65 Å². The van der Waals surface area contributed by atoms with E-state index in [0.29, 0.717) is 35.3 Å². The average Bonchev–Trinajstić information content (AvgIpc) is 3.35. The standard InChI is InChI=1S/C36H62N3O5PSi/c1-17-37-22-41-45(39(23(2)3)24(4)5)44-32-21-33(42-29(32)13)30-20-28(12)34(43-35(40)36(14,15)16)38-31(30)18-19-46(25(6)7,26(8)9)27(10)11/h20,22-27,29,32-33H,17,21H2,1-16H3/t29-,32?,33-,45?/m1/s1/i13D. The van der Waals surface area contributed by atoms with Gasteiger partial charge in [0, 0.05) is 37.5 Å². The van der Waals surface area contributed by atoms with Crippen LogP contribution in [0.1, 0.15) is 135 Å². The normalized spacial score (nSPS) is 20.3. The molecule has 1 aromatic rings. The topological polar surface area (TPSA) is 82.5 Å². The predicted molar refractivity (Wildman–Crippen MR) is 194 cm³/mol. The molecule has 4 atom stereocenters. The summed E-state index contributed by atoms with van der Waals surface area (Å²) in [5, 5.41) is 0. The SMILES string of the molecule is [2H]C[C@H]1O[C@@H](c2cc(C)c(OC(=O)C(C)(C)C)nc2C#C[Si](C(C)C)(C(C)C)C(C)C)CC1OP(OC=NCC)N(C(C)C)C(C)C. The fourth-order valence-electron chi connectivity index (χ4n) is 6.31. The van der Waals surface area contributed by atoms with Crippen LogP contribution in [0.2, 0.25) is 16.6 Å². The molecule has 0 N–H and O–H groups in total. The van der Waals surface area contributed by atoms with Crippen molar-refractivity contribution in [1.82, 2.24) is 9.65 Å². The molecule has 0 saturated carbocycles. The smallest absolute Gasteiger partial charge is 0.322 e. The van der Waals surface area contributed by atoms with E-state index in [-0.39, 0.29) is 36.9 Å². The van der Waals surface area contributed by atoms with E-state index < -0.39 is 34.2 Å². The zero-order chi connectivity index (χ0) is 35.9. The minimum atomic E-state index is -2.11. The van der Waals surface area contributed by atoms with Crippen LogP contribution in [0.25, 0.3) is 0 Å². The fourth-order valence-corrected chi connectivity index (χ4v) is 13.1. The van der Waals surface area contributed by atoms with E-state index >= 15 is 0 Å². The number of ether oxygens (including phenoxy) is 2. The van der Waals surface area contributed by atoms with Gasteiger partial charge in [-0.3, -0.25) is 9.79 Å². The maximum atomic E-state index is 12.9. The number of hydrogen-bond acceptors (Lipinski definition) is 8. The first-order valence-corrected chi connectivity index (χ1v) is 20.3. The van der Waals surface area contributed by atoms with Crippen molar-refractivity contribution in [1.29, 1.82) is 0 Å². The van der Waals surface area contributed by atoms with Crippen molar-refractivity contribution in [3.8, 4) is 17.3 Å². The minimum Gasteiger partial charge on any atom is -0.425 e. The van der Waals surface area contributed by atoms with Crippen molar-refractivity contribution >= 4 is 29.0 Å². The third kappa shape index (κ3) is 9.86. The molecule has 10 heteroatoms. The van der Waals surface area contributed by atoms with Gasteiger partial charge in [-0.05, 0) is 91.9 Å². The zero-order valence-corrected chi connectivity index (χ0v) is 33.1. The van der Waals surface area contributed by atoms with Gasteiger partial charge in [0.25, 0.3) is 0 Å². The summed E-state index contributed by atoms with van der Waals surface area (Å²) >= 11 is 0. The molecule has 1 aliphatic rings. The molecule has 2 unspecified atom stereocenters. The Morgan fingerprint density at radius 3 is 2.22 bits per heavy atom. The number of rotatable bonds is 13. The first-order chi connectivity index (χ1) is 21.8. The Morgan fingerprint density at radius 1 is 1.15 bits per heavy atom. The summed E-state index contributed by atoms with van der Waals surface area (Å²) in [4.78, 5) is 22.1. The molecule has 2 rings (SSSR count). The lowest BCUT2D eigenvalue weighted by Crippen LogP contribution is -2.43. The summed E-state index contributed by atoms with van der Waals surface area (Å²) < 4.78 is 35.8. The van der Waals surface area contributed by atoms with Gasteiger partial charge >= 0.3 is 14.5 Å². The van der Waals surface area contributed by atoms with E-state index in [2.05, 4.69) is 90.4 Å². The van der Waals surface area contributed by atoms with Crippen LogP contribution in [0.4, 0.5) is 0 Å². The van der Waals surface area contributed by atoms with Gasteiger partial charge < -0.3 is 18.5 Å². The number of esters is 1. The quantitative estimate of drug-likeness (QED) is 0.0514. The lowest BCUT2D eigenvalue weighted by atomic mass is 9.97. The maximum absolute atomic E-state index is 12.9. The molecule has 260 valence electrons.